The number of rotatable bonds is 6. The van der Waals surface area contributed by atoms with Crippen LogP contribution in [-0.4, -0.2) is 15.9 Å². The number of aryl methyl sites for hydroxylation is 1. The first-order valence-electron chi connectivity index (χ1n) is 11.1. The molecule has 0 aliphatic heterocycles. The molecule has 0 radical (unpaired) electrons. The first-order valence-corrected chi connectivity index (χ1v) is 13.3. The van der Waals surface area contributed by atoms with Crippen molar-refractivity contribution in [3.63, 3.8) is 0 Å². The maximum Gasteiger partial charge on any atom is 0.573 e. The van der Waals surface area contributed by atoms with E-state index in [1.165, 1.54) is 63.5 Å². The van der Waals surface area contributed by atoms with E-state index < -0.39 is 6.36 Å². The summed E-state index contributed by atoms with van der Waals surface area (Å²) >= 11 is 0. The van der Waals surface area contributed by atoms with Gasteiger partial charge in [-0.2, -0.15) is 0 Å². The molecule has 1 aromatic carbocycles. The van der Waals surface area contributed by atoms with E-state index in [2.05, 4.69) is 18.2 Å². The van der Waals surface area contributed by atoms with Crippen molar-refractivity contribution in [1.29, 1.82) is 0 Å². The Labute approximate surface area is 170 Å². The highest BCUT2D eigenvalue weighted by molar-refractivity contribution is 6.35. The third-order valence-electron chi connectivity index (χ3n) is 7.66. The summed E-state index contributed by atoms with van der Waals surface area (Å²) in [6, 6.07) is 6.39. The summed E-state index contributed by atoms with van der Waals surface area (Å²) in [7, 11) is 0.175. The lowest BCUT2D eigenvalue weighted by molar-refractivity contribution is -0.274. The second-order valence-electron chi connectivity index (χ2n) is 9.45. The van der Waals surface area contributed by atoms with Gasteiger partial charge in [-0.05, 0) is 73.5 Å². The van der Waals surface area contributed by atoms with Crippen LogP contribution >= 0.6 is 0 Å². The second kappa shape index (κ2) is 9.23. The highest BCUT2D eigenvalue weighted by atomic mass is 28.2. The average Bonchev–Trinajstić information content (AvgIpc) is 2.67. The molecule has 0 N–H and O–H groups in total. The van der Waals surface area contributed by atoms with Gasteiger partial charge >= 0.3 is 6.36 Å². The zero-order chi connectivity index (χ0) is 20.2. The average molecular weight is 413 g/mol. The quantitative estimate of drug-likeness (QED) is 0.461. The number of halogens is 3. The molecule has 3 rings (SSSR count). The summed E-state index contributed by atoms with van der Waals surface area (Å²) in [6.07, 6.45) is 8.70. The first kappa shape index (κ1) is 21.7. The molecule has 5 heteroatoms. The minimum absolute atomic E-state index is 0.134. The number of benzene rings is 1. The Kier molecular flexibility index (Phi) is 7.16. The molecule has 0 bridgehead atoms. The zero-order valence-corrected chi connectivity index (χ0v) is 18.8. The van der Waals surface area contributed by atoms with Gasteiger partial charge in [0.2, 0.25) is 0 Å². The van der Waals surface area contributed by atoms with E-state index in [1.807, 2.05) is 0 Å². The predicted octanol–water partition coefficient (Wildman–Crippen LogP) is 6.91. The van der Waals surface area contributed by atoms with Gasteiger partial charge in [0, 0.05) is 9.52 Å². The van der Waals surface area contributed by atoms with Crippen molar-refractivity contribution in [3.8, 4) is 5.75 Å². The standard InChI is InChI=1S/C23H35F3OSi/c1-22(15-13-21(28-2)14-16-22)19-9-5-17(6-10-19)3-4-18-7-11-20(12-8-18)27-23(24,25)26/h7-8,11-12,17,19,21H,3-6,9-10,13-16,28H2,1-2H3. The van der Waals surface area contributed by atoms with Crippen molar-refractivity contribution >= 4 is 9.52 Å². The molecular formula is C23H35F3OSi. The van der Waals surface area contributed by atoms with Gasteiger partial charge in [0.25, 0.3) is 0 Å². The molecule has 1 aromatic rings. The maximum absolute atomic E-state index is 12.2. The minimum Gasteiger partial charge on any atom is -0.406 e. The maximum atomic E-state index is 12.2. The summed E-state index contributed by atoms with van der Waals surface area (Å²) in [5, 5.41) is 0. The number of hydrogen-bond donors (Lipinski definition) is 0. The van der Waals surface area contributed by atoms with Crippen LogP contribution in [0.2, 0.25) is 12.1 Å². The Bertz CT molecular complexity index is 597. The molecule has 0 amide bonds. The smallest absolute Gasteiger partial charge is 0.406 e. The number of hydrogen-bond acceptors (Lipinski definition) is 1. The molecule has 2 aliphatic rings. The Hall–Kier alpha value is -0.973. The van der Waals surface area contributed by atoms with Gasteiger partial charge in [0.1, 0.15) is 5.75 Å². The van der Waals surface area contributed by atoms with Gasteiger partial charge < -0.3 is 4.74 Å². The fourth-order valence-corrected chi connectivity index (χ4v) is 6.75. The first-order chi connectivity index (χ1) is 13.3. The zero-order valence-electron chi connectivity index (χ0n) is 17.4. The van der Waals surface area contributed by atoms with Crippen molar-refractivity contribution in [3.05, 3.63) is 29.8 Å². The molecular weight excluding hydrogens is 377 g/mol. The fourth-order valence-electron chi connectivity index (χ4n) is 5.53. The third kappa shape index (κ3) is 6.01. The lowest BCUT2D eigenvalue weighted by Crippen LogP contribution is -2.34. The van der Waals surface area contributed by atoms with Crippen molar-refractivity contribution < 1.29 is 17.9 Å². The van der Waals surface area contributed by atoms with Gasteiger partial charge in [0.15, 0.2) is 0 Å². The molecule has 0 aromatic heterocycles. The van der Waals surface area contributed by atoms with Crippen LogP contribution < -0.4 is 4.74 Å². The van der Waals surface area contributed by atoms with Crippen LogP contribution in [0.1, 0.15) is 70.3 Å². The van der Waals surface area contributed by atoms with E-state index in [-0.39, 0.29) is 15.3 Å². The van der Waals surface area contributed by atoms with Crippen LogP contribution in [0.4, 0.5) is 13.2 Å². The minimum atomic E-state index is -4.62. The van der Waals surface area contributed by atoms with Crippen LogP contribution in [0.5, 0.6) is 5.75 Å². The molecule has 2 aliphatic carbocycles. The predicted molar refractivity (Wildman–Crippen MR) is 112 cm³/mol. The highest BCUT2D eigenvalue weighted by Crippen LogP contribution is 2.51. The van der Waals surface area contributed by atoms with Crippen LogP contribution in [0.15, 0.2) is 24.3 Å². The summed E-state index contributed by atoms with van der Waals surface area (Å²) in [5.41, 5.74) is 2.78. The van der Waals surface area contributed by atoms with Crippen LogP contribution in [0.25, 0.3) is 0 Å². The van der Waals surface area contributed by atoms with Gasteiger partial charge in [-0.3, -0.25) is 0 Å². The Morgan fingerprint density at radius 1 is 1.00 bits per heavy atom. The van der Waals surface area contributed by atoms with Crippen molar-refractivity contribution in [1.82, 2.24) is 0 Å². The van der Waals surface area contributed by atoms with E-state index in [0.29, 0.717) is 5.41 Å². The molecule has 2 saturated carbocycles. The van der Waals surface area contributed by atoms with E-state index >= 15 is 0 Å². The van der Waals surface area contributed by atoms with Gasteiger partial charge in [-0.1, -0.05) is 56.8 Å². The molecule has 0 saturated heterocycles. The second-order valence-corrected chi connectivity index (χ2v) is 11.4. The van der Waals surface area contributed by atoms with Crippen molar-refractivity contribution in [2.24, 2.45) is 17.3 Å². The van der Waals surface area contributed by atoms with Crippen molar-refractivity contribution in [2.75, 3.05) is 0 Å². The summed E-state index contributed by atoms with van der Waals surface area (Å²) in [5.74, 6) is 1.54. The summed E-state index contributed by atoms with van der Waals surface area (Å²) in [6.45, 7) is 5.02. The summed E-state index contributed by atoms with van der Waals surface area (Å²) < 4.78 is 40.7. The molecule has 0 spiro atoms. The Balaban J connectivity index is 1.41. The fraction of sp³-hybridized carbons (Fsp3) is 0.739. The highest BCUT2D eigenvalue weighted by Gasteiger charge is 2.39. The molecule has 0 heterocycles. The van der Waals surface area contributed by atoms with E-state index in [1.54, 1.807) is 12.1 Å². The third-order valence-corrected chi connectivity index (χ3v) is 9.63. The Morgan fingerprint density at radius 3 is 2.14 bits per heavy atom. The van der Waals surface area contributed by atoms with E-state index in [9.17, 15) is 13.2 Å². The molecule has 0 unspecified atom stereocenters. The van der Waals surface area contributed by atoms with Crippen LogP contribution in [0.3, 0.4) is 0 Å². The number of ether oxygens (including phenoxy) is 1. The number of alkyl halides is 3. The lowest BCUT2D eigenvalue weighted by Gasteiger charge is -2.46. The van der Waals surface area contributed by atoms with Crippen LogP contribution in [-0.2, 0) is 6.42 Å². The van der Waals surface area contributed by atoms with E-state index in [4.69, 9.17) is 0 Å². The molecule has 2 fully saturated rings. The molecule has 158 valence electrons. The largest absolute Gasteiger partial charge is 0.573 e. The molecule has 1 nitrogen and oxygen atoms in total. The molecule has 28 heavy (non-hydrogen) atoms. The van der Waals surface area contributed by atoms with Gasteiger partial charge in [-0.25, -0.2) is 0 Å². The topological polar surface area (TPSA) is 9.23 Å². The van der Waals surface area contributed by atoms with Crippen LogP contribution in [0, 0.1) is 17.3 Å². The normalized spacial score (nSPS) is 32.0. The van der Waals surface area contributed by atoms with Gasteiger partial charge in [-0.15, -0.1) is 13.2 Å². The Morgan fingerprint density at radius 2 is 1.61 bits per heavy atom. The van der Waals surface area contributed by atoms with Gasteiger partial charge in [0.05, 0.1) is 0 Å². The monoisotopic (exact) mass is 412 g/mol. The SMILES string of the molecule is C[SiH2]C1CCC(C)(C2CCC(CCc3ccc(OC(F)(F)F)cc3)CC2)CC1. The van der Waals surface area contributed by atoms with Crippen molar-refractivity contribution in [2.45, 2.75) is 89.6 Å². The van der Waals surface area contributed by atoms with E-state index in [0.717, 1.165) is 35.8 Å². The lowest BCUT2D eigenvalue weighted by atomic mass is 9.61. The molecule has 0 atom stereocenters. The summed E-state index contributed by atoms with van der Waals surface area (Å²) in [4.78, 5) is 0.